The molecule has 0 radical (unpaired) electrons. The van der Waals surface area contributed by atoms with E-state index in [1.807, 2.05) is 30.5 Å². The smallest absolute Gasteiger partial charge is 0.287 e. The van der Waals surface area contributed by atoms with Gasteiger partial charge in [0, 0.05) is 23.7 Å². The molecule has 0 saturated heterocycles. The summed E-state index contributed by atoms with van der Waals surface area (Å²) in [5.41, 5.74) is 1.70. The quantitative estimate of drug-likeness (QED) is 0.762. The fourth-order valence-corrected chi connectivity index (χ4v) is 3.16. The zero-order chi connectivity index (χ0) is 14.8. The number of aromatic nitrogens is 1. The van der Waals surface area contributed by atoms with E-state index in [1.165, 1.54) is 0 Å². The molecule has 4 nitrogen and oxygen atoms in total. The maximum Gasteiger partial charge on any atom is 0.287 e. The van der Waals surface area contributed by atoms with Crippen LogP contribution in [0.4, 0.5) is 0 Å². The van der Waals surface area contributed by atoms with Gasteiger partial charge in [0.25, 0.3) is 5.91 Å². The standard InChI is InChI=1S/C15H13BrN2O2S/c1-9-18-11(8-21-9)5-6-17-15(19)13-7-10-3-2-4-12(16)14(10)20-13/h2-4,7-8H,5-6H2,1H3,(H,17,19). The summed E-state index contributed by atoms with van der Waals surface area (Å²) in [6, 6.07) is 7.47. The highest BCUT2D eigenvalue weighted by Crippen LogP contribution is 2.26. The van der Waals surface area contributed by atoms with Crippen molar-refractivity contribution in [2.24, 2.45) is 0 Å². The lowest BCUT2D eigenvalue weighted by Crippen LogP contribution is -2.25. The minimum absolute atomic E-state index is 0.204. The number of carbonyl (C=O) groups is 1. The Labute approximate surface area is 134 Å². The highest BCUT2D eigenvalue weighted by molar-refractivity contribution is 9.10. The van der Waals surface area contributed by atoms with E-state index >= 15 is 0 Å². The third kappa shape index (κ3) is 3.16. The van der Waals surface area contributed by atoms with E-state index in [9.17, 15) is 4.79 Å². The predicted molar refractivity (Wildman–Crippen MR) is 86.8 cm³/mol. The first-order chi connectivity index (χ1) is 10.1. The van der Waals surface area contributed by atoms with E-state index in [2.05, 4.69) is 26.2 Å². The highest BCUT2D eigenvalue weighted by Gasteiger charge is 2.13. The van der Waals surface area contributed by atoms with Gasteiger partial charge in [0.2, 0.25) is 0 Å². The molecule has 2 heterocycles. The second-order valence-electron chi connectivity index (χ2n) is 4.63. The maximum atomic E-state index is 12.1. The van der Waals surface area contributed by atoms with Gasteiger partial charge in [0.05, 0.1) is 15.2 Å². The predicted octanol–water partition coefficient (Wildman–Crippen LogP) is 3.93. The molecule has 0 atom stereocenters. The molecule has 3 aromatic rings. The van der Waals surface area contributed by atoms with Crippen molar-refractivity contribution < 1.29 is 9.21 Å². The molecular formula is C15H13BrN2O2S. The van der Waals surface area contributed by atoms with Gasteiger partial charge in [-0.15, -0.1) is 11.3 Å². The molecular weight excluding hydrogens is 352 g/mol. The molecule has 0 aliphatic rings. The lowest BCUT2D eigenvalue weighted by Gasteiger charge is -2.00. The molecule has 0 unspecified atom stereocenters. The summed E-state index contributed by atoms with van der Waals surface area (Å²) in [5, 5.41) is 6.81. The Morgan fingerprint density at radius 3 is 3.05 bits per heavy atom. The number of thiazole rings is 1. The molecule has 3 rings (SSSR count). The van der Waals surface area contributed by atoms with Crippen LogP contribution in [-0.4, -0.2) is 17.4 Å². The number of rotatable bonds is 4. The molecule has 0 bridgehead atoms. The van der Waals surface area contributed by atoms with Crippen molar-refractivity contribution in [2.75, 3.05) is 6.54 Å². The number of amides is 1. The molecule has 2 aromatic heterocycles. The number of nitrogens with zero attached hydrogens (tertiary/aromatic N) is 1. The van der Waals surface area contributed by atoms with Crippen LogP contribution in [0.2, 0.25) is 0 Å². The number of para-hydroxylation sites is 1. The number of benzene rings is 1. The molecule has 1 N–H and O–H groups in total. The lowest BCUT2D eigenvalue weighted by atomic mass is 10.2. The Bertz CT molecular complexity index is 794. The summed E-state index contributed by atoms with van der Waals surface area (Å²) >= 11 is 5.03. The summed E-state index contributed by atoms with van der Waals surface area (Å²) in [7, 11) is 0. The van der Waals surface area contributed by atoms with Crippen LogP contribution in [0.25, 0.3) is 11.0 Å². The maximum absolute atomic E-state index is 12.1. The summed E-state index contributed by atoms with van der Waals surface area (Å²) in [4.78, 5) is 16.4. The molecule has 6 heteroatoms. The fourth-order valence-electron chi connectivity index (χ4n) is 2.05. The molecule has 0 aliphatic heterocycles. The van der Waals surface area contributed by atoms with E-state index in [1.54, 1.807) is 17.4 Å². The van der Waals surface area contributed by atoms with Crippen LogP contribution in [-0.2, 0) is 6.42 Å². The summed E-state index contributed by atoms with van der Waals surface area (Å²) in [6.45, 7) is 2.51. The van der Waals surface area contributed by atoms with Gasteiger partial charge in [-0.2, -0.15) is 0 Å². The van der Waals surface area contributed by atoms with Crippen LogP contribution < -0.4 is 5.32 Å². The minimum atomic E-state index is -0.204. The third-order valence-electron chi connectivity index (χ3n) is 3.05. The lowest BCUT2D eigenvalue weighted by molar-refractivity contribution is 0.0928. The largest absolute Gasteiger partial charge is 0.450 e. The van der Waals surface area contributed by atoms with Crippen molar-refractivity contribution in [1.29, 1.82) is 0 Å². The van der Waals surface area contributed by atoms with Crippen LogP contribution in [0.3, 0.4) is 0 Å². The van der Waals surface area contributed by atoms with Crippen molar-refractivity contribution in [3.8, 4) is 0 Å². The van der Waals surface area contributed by atoms with E-state index in [0.717, 1.165) is 27.0 Å². The number of nitrogens with one attached hydrogen (secondary N) is 1. The van der Waals surface area contributed by atoms with Gasteiger partial charge >= 0.3 is 0 Å². The Balaban J connectivity index is 1.65. The monoisotopic (exact) mass is 364 g/mol. The van der Waals surface area contributed by atoms with E-state index < -0.39 is 0 Å². The third-order valence-corrected chi connectivity index (χ3v) is 4.50. The van der Waals surface area contributed by atoms with Crippen molar-refractivity contribution in [3.63, 3.8) is 0 Å². The molecule has 1 aromatic carbocycles. The summed E-state index contributed by atoms with van der Waals surface area (Å²) in [5.74, 6) is 0.122. The topological polar surface area (TPSA) is 55.1 Å². The van der Waals surface area contributed by atoms with Gasteiger partial charge in [-0.1, -0.05) is 12.1 Å². The van der Waals surface area contributed by atoms with Gasteiger partial charge in [0.15, 0.2) is 5.76 Å². The number of furan rings is 1. The second kappa shape index (κ2) is 5.99. The number of fused-ring (bicyclic) bond motifs is 1. The fraction of sp³-hybridized carbons (Fsp3) is 0.200. The normalized spacial score (nSPS) is 11.0. The SMILES string of the molecule is Cc1nc(CCNC(=O)c2cc3cccc(Br)c3o2)cs1. The van der Waals surface area contributed by atoms with Crippen LogP contribution in [0.5, 0.6) is 0 Å². The summed E-state index contributed by atoms with van der Waals surface area (Å²) < 4.78 is 6.44. The molecule has 108 valence electrons. The Morgan fingerprint density at radius 1 is 1.48 bits per heavy atom. The van der Waals surface area contributed by atoms with Crippen LogP contribution in [0.15, 0.2) is 38.5 Å². The Morgan fingerprint density at radius 2 is 2.33 bits per heavy atom. The molecule has 21 heavy (non-hydrogen) atoms. The number of hydrogen-bond acceptors (Lipinski definition) is 4. The van der Waals surface area contributed by atoms with Gasteiger partial charge in [-0.25, -0.2) is 4.98 Å². The average molecular weight is 365 g/mol. The van der Waals surface area contributed by atoms with Gasteiger partial charge in [-0.05, 0) is 35.0 Å². The van der Waals surface area contributed by atoms with E-state index in [4.69, 9.17) is 4.42 Å². The van der Waals surface area contributed by atoms with E-state index in [0.29, 0.717) is 17.9 Å². The first kappa shape index (κ1) is 14.3. The first-order valence-corrected chi connectivity index (χ1v) is 8.18. The molecule has 0 fully saturated rings. The molecule has 0 aliphatic carbocycles. The van der Waals surface area contributed by atoms with Gasteiger partial charge < -0.3 is 9.73 Å². The van der Waals surface area contributed by atoms with Crippen molar-refractivity contribution in [1.82, 2.24) is 10.3 Å². The minimum Gasteiger partial charge on any atom is -0.450 e. The number of aryl methyl sites for hydroxylation is 1. The first-order valence-electron chi connectivity index (χ1n) is 6.51. The number of halogens is 1. The summed E-state index contributed by atoms with van der Waals surface area (Å²) in [6.07, 6.45) is 0.722. The van der Waals surface area contributed by atoms with Crippen molar-refractivity contribution >= 4 is 44.1 Å². The average Bonchev–Trinajstić information content (AvgIpc) is 3.06. The van der Waals surface area contributed by atoms with Gasteiger partial charge in [0.1, 0.15) is 5.58 Å². The highest BCUT2D eigenvalue weighted by atomic mass is 79.9. The molecule has 1 amide bonds. The van der Waals surface area contributed by atoms with Crippen molar-refractivity contribution in [2.45, 2.75) is 13.3 Å². The zero-order valence-corrected chi connectivity index (χ0v) is 13.8. The Kier molecular flexibility index (Phi) is 4.07. The Hall–Kier alpha value is -1.66. The van der Waals surface area contributed by atoms with Crippen LogP contribution in [0.1, 0.15) is 21.3 Å². The second-order valence-corrected chi connectivity index (χ2v) is 6.55. The van der Waals surface area contributed by atoms with Crippen LogP contribution in [0, 0.1) is 6.92 Å². The number of carbonyl (C=O) groups excluding carboxylic acids is 1. The van der Waals surface area contributed by atoms with Gasteiger partial charge in [-0.3, -0.25) is 4.79 Å². The number of hydrogen-bond donors (Lipinski definition) is 1. The van der Waals surface area contributed by atoms with Crippen molar-refractivity contribution in [3.05, 3.63) is 50.6 Å². The molecule has 0 spiro atoms. The van der Waals surface area contributed by atoms with E-state index in [-0.39, 0.29) is 5.91 Å². The van der Waals surface area contributed by atoms with Crippen LogP contribution >= 0.6 is 27.3 Å². The molecule has 0 saturated carbocycles. The zero-order valence-electron chi connectivity index (χ0n) is 11.4.